The fourth-order valence-electron chi connectivity index (χ4n) is 8.74. The molecule has 7 N–H and O–H groups in total. The quantitative estimate of drug-likeness (QED) is 0.279. The van der Waals surface area contributed by atoms with Crippen LogP contribution in [0.15, 0.2) is 0 Å². The highest BCUT2D eigenvalue weighted by atomic mass is 16.4. The molecular formula is C28H47N5O3. The van der Waals surface area contributed by atoms with Crippen molar-refractivity contribution in [1.82, 2.24) is 10.2 Å². The van der Waals surface area contributed by atoms with E-state index in [4.69, 9.17) is 16.9 Å². The van der Waals surface area contributed by atoms with Crippen LogP contribution < -0.4 is 16.8 Å². The van der Waals surface area contributed by atoms with Crippen LogP contribution in [0.3, 0.4) is 0 Å². The van der Waals surface area contributed by atoms with Gasteiger partial charge in [-0.05, 0) is 94.3 Å². The Morgan fingerprint density at radius 2 is 1.64 bits per heavy atom. The number of fused-ring (bicyclic) bond motifs is 2. The Bertz CT molecular complexity index is 828. The maximum atomic E-state index is 13.7. The van der Waals surface area contributed by atoms with Crippen molar-refractivity contribution in [2.75, 3.05) is 6.54 Å². The number of likely N-dealkylation sites (tertiary alicyclic amines) is 1. The van der Waals surface area contributed by atoms with Crippen molar-refractivity contribution in [2.45, 2.75) is 114 Å². The number of aliphatic carboxylic acids is 1. The van der Waals surface area contributed by atoms with Crippen molar-refractivity contribution < 1.29 is 14.7 Å². The summed E-state index contributed by atoms with van der Waals surface area (Å²) in [6.07, 6.45) is 13.9. The van der Waals surface area contributed by atoms with Gasteiger partial charge in [0.15, 0.2) is 0 Å². The molecule has 1 saturated heterocycles. The number of nitrogens with one attached hydrogen (secondary N) is 2. The first-order chi connectivity index (χ1) is 17.3. The Labute approximate surface area is 215 Å². The van der Waals surface area contributed by atoms with Crippen LogP contribution >= 0.6 is 0 Å². The summed E-state index contributed by atoms with van der Waals surface area (Å²) in [6, 6.07) is 0.564. The van der Waals surface area contributed by atoms with Gasteiger partial charge in [0.1, 0.15) is 0 Å². The molecule has 8 atom stereocenters. The molecule has 5 aliphatic rings. The van der Waals surface area contributed by atoms with Crippen LogP contribution in [0.2, 0.25) is 0 Å². The van der Waals surface area contributed by atoms with Crippen molar-refractivity contribution in [1.29, 1.82) is 5.41 Å². The molecule has 5 rings (SSSR count). The third-order valence-corrected chi connectivity index (χ3v) is 10.7. The molecule has 0 spiro atoms. The zero-order valence-electron chi connectivity index (χ0n) is 21.7. The molecule has 5 fully saturated rings. The lowest BCUT2D eigenvalue weighted by atomic mass is 9.62. The molecule has 0 bridgehead atoms. The highest BCUT2D eigenvalue weighted by Gasteiger charge is 2.50. The lowest BCUT2D eigenvalue weighted by Gasteiger charge is -2.47. The van der Waals surface area contributed by atoms with Crippen LogP contribution in [-0.2, 0) is 9.59 Å². The average molecular weight is 502 g/mol. The van der Waals surface area contributed by atoms with Gasteiger partial charge in [0.2, 0.25) is 5.91 Å². The number of hydrogen-bond donors (Lipinski definition) is 5. The second-order valence-electron chi connectivity index (χ2n) is 12.8. The van der Waals surface area contributed by atoms with Crippen molar-refractivity contribution >= 4 is 17.7 Å². The van der Waals surface area contributed by atoms with E-state index in [2.05, 4.69) is 10.2 Å². The highest BCUT2D eigenvalue weighted by molar-refractivity contribution is 5.83. The van der Waals surface area contributed by atoms with Gasteiger partial charge in [-0.3, -0.25) is 19.9 Å². The first-order valence-electron chi connectivity index (χ1n) is 14.7. The second kappa shape index (κ2) is 11.0. The summed E-state index contributed by atoms with van der Waals surface area (Å²) < 4.78 is 0. The number of carbonyl (C=O) groups excluding carboxylic acids is 1. The van der Waals surface area contributed by atoms with E-state index in [1.54, 1.807) is 0 Å². The van der Waals surface area contributed by atoms with Gasteiger partial charge in [-0.2, -0.15) is 0 Å². The van der Waals surface area contributed by atoms with Gasteiger partial charge < -0.3 is 21.9 Å². The number of hydrogen-bond acceptors (Lipinski definition) is 5. The lowest BCUT2D eigenvalue weighted by molar-refractivity contribution is -0.146. The molecule has 0 aromatic carbocycles. The maximum Gasteiger partial charge on any atom is 0.306 e. The number of nitrogens with zero attached hydrogens (tertiary/aromatic N) is 1. The van der Waals surface area contributed by atoms with Gasteiger partial charge in [0.25, 0.3) is 0 Å². The third-order valence-electron chi connectivity index (χ3n) is 10.7. The number of amides is 1. The minimum Gasteiger partial charge on any atom is -0.481 e. The summed E-state index contributed by atoms with van der Waals surface area (Å²) in [4.78, 5) is 28.2. The normalized spacial score (nSPS) is 43.2. The molecule has 8 unspecified atom stereocenters. The van der Waals surface area contributed by atoms with Crippen molar-refractivity contribution in [3.05, 3.63) is 0 Å². The van der Waals surface area contributed by atoms with Crippen LogP contribution in [0.1, 0.15) is 89.9 Å². The van der Waals surface area contributed by atoms with Crippen LogP contribution in [0.5, 0.6) is 0 Å². The van der Waals surface area contributed by atoms with Crippen LogP contribution in [-0.4, -0.2) is 58.4 Å². The summed E-state index contributed by atoms with van der Waals surface area (Å²) in [7, 11) is 0. The van der Waals surface area contributed by atoms with Crippen LogP contribution in [0.25, 0.3) is 0 Å². The number of amidine groups is 1. The van der Waals surface area contributed by atoms with Gasteiger partial charge in [-0.1, -0.05) is 19.3 Å². The molecule has 4 saturated carbocycles. The zero-order chi connectivity index (χ0) is 25.4. The van der Waals surface area contributed by atoms with Crippen LogP contribution in [0, 0.1) is 40.9 Å². The number of nitrogens with two attached hydrogens (primary N) is 2. The summed E-state index contributed by atoms with van der Waals surface area (Å²) in [5, 5.41) is 21.4. The van der Waals surface area contributed by atoms with E-state index in [0.717, 1.165) is 77.2 Å². The standard InChI is InChI=1S/C28H47N5O3/c29-21-7-9-22(10-8-21)32-27(34)25-13-17-5-6-18(26(30)31)14-24(17)33(25)15-20-12-19(28(35)36)11-16-3-1-2-4-23(16)20/h16-25H,1-15,29H2,(H3,30,31)(H,32,34)(H,35,36). The number of carbonyl (C=O) groups is 2. The second-order valence-corrected chi connectivity index (χ2v) is 12.8. The molecule has 0 radical (unpaired) electrons. The molecule has 36 heavy (non-hydrogen) atoms. The molecule has 1 amide bonds. The van der Waals surface area contributed by atoms with Crippen molar-refractivity contribution in [2.24, 2.45) is 47.0 Å². The van der Waals surface area contributed by atoms with E-state index in [-0.39, 0.29) is 47.7 Å². The Morgan fingerprint density at radius 3 is 2.36 bits per heavy atom. The molecule has 4 aliphatic carbocycles. The average Bonchev–Trinajstić information content (AvgIpc) is 3.23. The third kappa shape index (κ3) is 5.45. The Morgan fingerprint density at radius 1 is 0.889 bits per heavy atom. The number of carboxylic acid groups (broad SMARTS) is 1. The molecule has 0 aromatic rings. The fourth-order valence-corrected chi connectivity index (χ4v) is 8.74. The summed E-state index contributed by atoms with van der Waals surface area (Å²) in [5.74, 6) is 1.46. The summed E-state index contributed by atoms with van der Waals surface area (Å²) >= 11 is 0. The van der Waals surface area contributed by atoms with E-state index in [9.17, 15) is 14.7 Å². The van der Waals surface area contributed by atoms with Gasteiger partial charge in [-0.25, -0.2) is 0 Å². The summed E-state index contributed by atoms with van der Waals surface area (Å²) in [6.45, 7) is 0.810. The first-order valence-corrected chi connectivity index (χ1v) is 14.7. The Balaban J connectivity index is 1.35. The molecular weight excluding hydrogens is 454 g/mol. The van der Waals surface area contributed by atoms with Crippen molar-refractivity contribution in [3.63, 3.8) is 0 Å². The van der Waals surface area contributed by atoms with E-state index in [0.29, 0.717) is 23.7 Å². The summed E-state index contributed by atoms with van der Waals surface area (Å²) in [5.41, 5.74) is 12.0. The lowest BCUT2D eigenvalue weighted by Crippen LogP contribution is -2.53. The van der Waals surface area contributed by atoms with Crippen molar-refractivity contribution in [3.8, 4) is 0 Å². The largest absolute Gasteiger partial charge is 0.481 e. The van der Waals surface area contributed by atoms with Gasteiger partial charge in [0, 0.05) is 30.6 Å². The topological polar surface area (TPSA) is 146 Å². The minimum atomic E-state index is -0.651. The molecule has 1 aliphatic heterocycles. The molecule has 0 aromatic heterocycles. The molecule has 1 heterocycles. The molecule has 8 heteroatoms. The van der Waals surface area contributed by atoms with Crippen LogP contribution in [0.4, 0.5) is 0 Å². The number of carboxylic acids is 1. The zero-order valence-corrected chi connectivity index (χ0v) is 21.7. The predicted molar refractivity (Wildman–Crippen MR) is 139 cm³/mol. The first kappa shape index (κ1) is 26.0. The predicted octanol–water partition coefficient (Wildman–Crippen LogP) is 3.08. The van der Waals surface area contributed by atoms with E-state index in [1.807, 2.05) is 0 Å². The smallest absolute Gasteiger partial charge is 0.306 e. The fraction of sp³-hybridized carbons (Fsp3) is 0.893. The van der Waals surface area contributed by atoms with E-state index >= 15 is 0 Å². The van der Waals surface area contributed by atoms with Gasteiger partial charge in [-0.15, -0.1) is 0 Å². The Hall–Kier alpha value is -1.67. The van der Waals surface area contributed by atoms with Gasteiger partial charge in [0.05, 0.1) is 17.8 Å². The molecule has 8 nitrogen and oxygen atoms in total. The number of rotatable bonds is 6. The van der Waals surface area contributed by atoms with E-state index in [1.165, 1.54) is 19.3 Å². The van der Waals surface area contributed by atoms with Gasteiger partial charge >= 0.3 is 5.97 Å². The highest BCUT2D eigenvalue weighted by Crippen LogP contribution is 2.49. The van der Waals surface area contributed by atoms with E-state index < -0.39 is 5.97 Å². The maximum absolute atomic E-state index is 13.7. The monoisotopic (exact) mass is 501 g/mol. The SMILES string of the molecule is N=C(N)C1CCC2CC(C(=O)NC3CCC(N)CC3)N(CC3CC(C(=O)O)CC4CCCCC43)C2C1. The molecule has 202 valence electrons. The Kier molecular flexibility index (Phi) is 7.92. The minimum absolute atomic E-state index is 0.0935.